The summed E-state index contributed by atoms with van der Waals surface area (Å²) in [6.07, 6.45) is 0.601. The normalized spacial score (nSPS) is 12.9. The van der Waals surface area contributed by atoms with Gasteiger partial charge in [-0.3, -0.25) is 0 Å². The molecule has 0 spiro atoms. The van der Waals surface area contributed by atoms with Crippen molar-refractivity contribution in [1.82, 2.24) is 4.98 Å². The highest BCUT2D eigenvalue weighted by atomic mass is 35.5. The van der Waals surface area contributed by atoms with Gasteiger partial charge < -0.3 is 8.97 Å². The van der Waals surface area contributed by atoms with Gasteiger partial charge in [0.15, 0.2) is 0 Å². The van der Waals surface area contributed by atoms with Crippen molar-refractivity contribution in [2.24, 2.45) is 0 Å². The van der Waals surface area contributed by atoms with Gasteiger partial charge in [-0.15, -0.1) is 0 Å². The molecule has 0 saturated heterocycles. The van der Waals surface area contributed by atoms with Gasteiger partial charge in [-0.1, -0.05) is 30.1 Å². The predicted octanol–water partition coefficient (Wildman–Crippen LogP) is 5.00. The van der Waals surface area contributed by atoms with Crippen molar-refractivity contribution in [3.05, 3.63) is 58.6 Å². The first-order chi connectivity index (χ1) is 12.8. The van der Waals surface area contributed by atoms with Crippen LogP contribution >= 0.6 is 23.2 Å². The van der Waals surface area contributed by atoms with Crippen LogP contribution in [0, 0.1) is 0 Å². The summed E-state index contributed by atoms with van der Waals surface area (Å²) in [6.45, 7) is 1.85. The Kier molecular flexibility index (Phi) is 6.18. The third kappa shape index (κ3) is 4.33. The van der Waals surface area contributed by atoms with Gasteiger partial charge >= 0.3 is 5.09 Å². The average Bonchev–Trinajstić information content (AvgIpc) is 3.09. The second-order valence-electron chi connectivity index (χ2n) is 5.63. The van der Waals surface area contributed by atoms with E-state index in [9.17, 15) is 13.0 Å². The fourth-order valence-electron chi connectivity index (χ4n) is 2.33. The molecule has 3 rings (SSSR count). The number of oxazole rings is 1. The molecule has 0 N–H and O–H groups in total. The van der Waals surface area contributed by atoms with Crippen LogP contribution in [0.4, 0.5) is 0 Å². The summed E-state index contributed by atoms with van der Waals surface area (Å²) >= 11 is 10.1. The number of aromatic nitrogens is 1. The Morgan fingerprint density at radius 1 is 1.04 bits per heavy atom. The third-order valence-corrected chi connectivity index (χ3v) is 7.41. The van der Waals surface area contributed by atoms with Crippen molar-refractivity contribution in [2.45, 2.75) is 28.4 Å². The number of sulfone groups is 1. The molecule has 0 saturated carbocycles. The molecule has 27 heavy (non-hydrogen) atoms. The molecule has 0 amide bonds. The molecule has 1 unspecified atom stereocenters. The summed E-state index contributed by atoms with van der Waals surface area (Å²) in [4.78, 5) is 4.16. The number of halogens is 2. The van der Waals surface area contributed by atoms with Gasteiger partial charge in [0.1, 0.15) is 5.75 Å². The maximum Gasteiger partial charge on any atom is 0.351 e. The Hall–Kier alpha value is -1.51. The van der Waals surface area contributed by atoms with E-state index >= 15 is 0 Å². The van der Waals surface area contributed by atoms with Gasteiger partial charge in [-0.2, -0.15) is 4.98 Å². The van der Waals surface area contributed by atoms with Crippen molar-refractivity contribution >= 4 is 44.2 Å². The van der Waals surface area contributed by atoms with Crippen LogP contribution in [0.2, 0.25) is 10.0 Å². The minimum Gasteiger partial charge on any atom is -0.609 e. The van der Waals surface area contributed by atoms with Crippen LogP contribution in [-0.4, -0.2) is 23.7 Å². The molecule has 1 atom stereocenters. The van der Waals surface area contributed by atoms with Crippen LogP contribution in [0.1, 0.15) is 13.3 Å². The van der Waals surface area contributed by atoms with E-state index in [1.54, 1.807) is 24.3 Å². The van der Waals surface area contributed by atoms with Gasteiger partial charge in [0, 0.05) is 26.8 Å². The molecule has 9 heteroatoms. The lowest BCUT2D eigenvalue weighted by Gasteiger charge is -2.07. The summed E-state index contributed by atoms with van der Waals surface area (Å²) in [7, 11) is -4.03. The Morgan fingerprint density at radius 2 is 1.59 bits per heavy atom. The minimum atomic E-state index is -4.03. The lowest BCUT2D eigenvalue weighted by atomic mass is 10.2. The second kappa shape index (κ2) is 8.24. The highest BCUT2D eigenvalue weighted by molar-refractivity contribution is 7.94. The summed E-state index contributed by atoms with van der Waals surface area (Å²) in [6, 6.07) is 12.3. The Labute approximate surface area is 170 Å². The van der Waals surface area contributed by atoms with Crippen molar-refractivity contribution < 1.29 is 17.4 Å². The number of hydrogen-bond donors (Lipinski definition) is 0. The highest BCUT2D eigenvalue weighted by Crippen LogP contribution is 2.33. The summed E-state index contributed by atoms with van der Waals surface area (Å²) in [5, 5.41) is 0.429. The standard InChI is InChI=1S/C18H15Cl2NO4S2/c1-2-11-26(22)18-17(27(23,24)15-9-7-14(20)8-10-15)21-16(25-18)12-3-5-13(19)6-4-12/h3-10H,2,11H2,1H3. The van der Waals surface area contributed by atoms with Crippen LogP contribution in [0.15, 0.2) is 68.0 Å². The Bertz CT molecular complexity index is 1030. The van der Waals surface area contributed by atoms with Crippen LogP contribution in [0.25, 0.3) is 11.5 Å². The van der Waals surface area contributed by atoms with Crippen molar-refractivity contribution in [3.8, 4) is 11.5 Å². The summed E-state index contributed by atoms with van der Waals surface area (Å²) < 4.78 is 44.3. The molecule has 5 nitrogen and oxygen atoms in total. The Morgan fingerprint density at radius 3 is 2.15 bits per heavy atom. The molecule has 1 aromatic heterocycles. The Balaban J connectivity index is 2.14. The lowest BCUT2D eigenvalue weighted by Crippen LogP contribution is -2.11. The number of benzene rings is 2. The lowest BCUT2D eigenvalue weighted by molar-refractivity contribution is 0.444. The molecule has 2 aromatic carbocycles. The first-order valence-corrected chi connectivity index (χ1v) is 11.5. The molecular formula is C18H15Cl2NO4S2. The average molecular weight is 444 g/mol. The van der Waals surface area contributed by atoms with Crippen LogP contribution < -0.4 is 0 Å². The zero-order valence-electron chi connectivity index (χ0n) is 14.2. The number of rotatable bonds is 6. The minimum absolute atomic E-state index is 0.00222. The van der Waals surface area contributed by atoms with Gasteiger partial charge in [-0.05, 0) is 55.0 Å². The number of nitrogens with zero attached hydrogens (tertiary/aromatic N) is 1. The highest BCUT2D eigenvalue weighted by Gasteiger charge is 2.35. The van der Waals surface area contributed by atoms with Gasteiger partial charge in [0.05, 0.1) is 4.90 Å². The molecule has 142 valence electrons. The van der Waals surface area contributed by atoms with E-state index in [4.69, 9.17) is 27.6 Å². The van der Waals surface area contributed by atoms with Gasteiger partial charge in [0.2, 0.25) is 15.7 Å². The van der Waals surface area contributed by atoms with Crippen molar-refractivity contribution in [2.75, 3.05) is 5.75 Å². The molecule has 0 aliphatic heterocycles. The SMILES string of the molecule is CCC[S+]([O-])c1oc(-c2ccc(Cl)cc2)nc1S(=O)(=O)c1ccc(Cl)cc1. The van der Waals surface area contributed by atoms with E-state index in [-0.39, 0.29) is 26.7 Å². The van der Waals surface area contributed by atoms with E-state index in [1.165, 1.54) is 24.3 Å². The van der Waals surface area contributed by atoms with Crippen molar-refractivity contribution in [3.63, 3.8) is 0 Å². The zero-order valence-corrected chi connectivity index (χ0v) is 17.3. The monoisotopic (exact) mass is 443 g/mol. The van der Waals surface area contributed by atoms with Crippen LogP contribution in [-0.2, 0) is 21.0 Å². The molecule has 0 radical (unpaired) electrons. The predicted molar refractivity (Wildman–Crippen MR) is 105 cm³/mol. The van der Waals surface area contributed by atoms with Gasteiger partial charge in [0.25, 0.3) is 5.03 Å². The quantitative estimate of drug-likeness (QED) is 0.500. The molecule has 0 bridgehead atoms. The van der Waals surface area contributed by atoms with E-state index in [2.05, 4.69) is 4.98 Å². The molecular weight excluding hydrogens is 429 g/mol. The maximum absolute atomic E-state index is 13.1. The molecule has 0 fully saturated rings. The third-order valence-electron chi connectivity index (χ3n) is 3.63. The maximum atomic E-state index is 13.1. The molecule has 3 aromatic rings. The zero-order chi connectivity index (χ0) is 19.6. The topological polar surface area (TPSA) is 83.2 Å². The van der Waals surface area contributed by atoms with E-state index < -0.39 is 21.0 Å². The van der Waals surface area contributed by atoms with Crippen molar-refractivity contribution in [1.29, 1.82) is 0 Å². The molecule has 0 aliphatic carbocycles. The fourth-order valence-corrected chi connectivity index (χ4v) is 5.34. The van der Waals surface area contributed by atoms with E-state index in [1.807, 2.05) is 6.92 Å². The summed E-state index contributed by atoms with van der Waals surface area (Å²) in [5.74, 6) is 0.330. The van der Waals surface area contributed by atoms with E-state index in [0.717, 1.165) is 0 Å². The van der Waals surface area contributed by atoms with Crippen LogP contribution in [0.5, 0.6) is 0 Å². The van der Waals surface area contributed by atoms with Gasteiger partial charge in [-0.25, -0.2) is 8.42 Å². The molecule has 0 aliphatic rings. The fraction of sp³-hybridized carbons (Fsp3) is 0.167. The van der Waals surface area contributed by atoms with Crippen LogP contribution in [0.3, 0.4) is 0 Å². The summed E-state index contributed by atoms with van der Waals surface area (Å²) in [5.41, 5.74) is 0.534. The second-order valence-corrected chi connectivity index (χ2v) is 9.83. The first kappa shape index (κ1) is 20.2. The largest absolute Gasteiger partial charge is 0.609 e. The van der Waals surface area contributed by atoms with E-state index in [0.29, 0.717) is 22.0 Å². The molecule has 1 heterocycles. The number of hydrogen-bond acceptors (Lipinski definition) is 5. The first-order valence-electron chi connectivity index (χ1n) is 7.98. The smallest absolute Gasteiger partial charge is 0.351 e.